The average Bonchev–Trinajstić information content (AvgIpc) is 3.38. The van der Waals surface area contributed by atoms with Crippen molar-refractivity contribution in [2.24, 2.45) is 5.92 Å². The first-order chi connectivity index (χ1) is 12.5. The van der Waals surface area contributed by atoms with Crippen molar-refractivity contribution in [2.75, 3.05) is 17.5 Å². The first-order valence-electron chi connectivity index (χ1n) is 8.12. The van der Waals surface area contributed by atoms with Crippen LogP contribution in [-0.2, 0) is 16.0 Å². The number of carbonyl (C=O) groups excluding carboxylic acids is 1. The highest BCUT2D eigenvalue weighted by Crippen LogP contribution is 2.38. The molecule has 1 atom stereocenters. The Bertz CT molecular complexity index is 886. The predicted octanol–water partition coefficient (Wildman–Crippen LogP) is 1.90. The van der Waals surface area contributed by atoms with Gasteiger partial charge in [-0.3, -0.25) is 13.8 Å². The highest BCUT2D eigenvalue weighted by molar-refractivity contribution is 7.85. The summed E-state index contributed by atoms with van der Waals surface area (Å²) in [5.41, 5.74) is 0.371. The van der Waals surface area contributed by atoms with Gasteiger partial charge in [-0.15, -0.1) is 0 Å². The molecule has 1 saturated carbocycles. The Kier molecular flexibility index (Phi) is 4.23. The molecule has 1 amide bonds. The van der Waals surface area contributed by atoms with Crippen molar-refractivity contribution in [2.45, 2.75) is 12.8 Å². The van der Waals surface area contributed by atoms with Gasteiger partial charge in [0.1, 0.15) is 18.0 Å². The highest BCUT2D eigenvalue weighted by atomic mass is 32.2. The molecular weight excluding hydrogens is 361 g/mol. The zero-order valence-electron chi connectivity index (χ0n) is 13.6. The number of phenols is 1. The summed E-state index contributed by atoms with van der Waals surface area (Å²) < 4.78 is 35.6. The lowest BCUT2D eigenvalue weighted by molar-refractivity contribution is -0.117. The van der Waals surface area contributed by atoms with E-state index in [-0.39, 0.29) is 17.8 Å². The molecule has 0 bridgehead atoms. The van der Waals surface area contributed by atoms with Gasteiger partial charge >= 0.3 is 0 Å². The number of hydrogen-bond acceptors (Lipinski definition) is 5. The molecule has 2 heterocycles. The fraction of sp³-hybridized carbons (Fsp3) is 0.294. The van der Waals surface area contributed by atoms with Crippen LogP contribution < -0.4 is 13.8 Å². The van der Waals surface area contributed by atoms with E-state index in [9.17, 15) is 18.5 Å². The average molecular weight is 377 g/mol. The number of anilines is 1. The van der Waals surface area contributed by atoms with Crippen LogP contribution in [0.15, 0.2) is 30.5 Å². The summed E-state index contributed by atoms with van der Waals surface area (Å²) in [6.07, 6.45) is 3.83. The lowest BCUT2D eigenvalue weighted by atomic mass is 10.1. The molecule has 0 radical (unpaired) electrons. The Morgan fingerprint density at radius 2 is 2.15 bits per heavy atom. The van der Waals surface area contributed by atoms with Gasteiger partial charge in [0.2, 0.25) is 17.1 Å². The molecule has 1 aliphatic carbocycles. The van der Waals surface area contributed by atoms with Gasteiger partial charge in [-0.05, 0) is 37.0 Å². The lowest BCUT2D eigenvalue weighted by Crippen LogP contribution is -2.23. The summed E-state index contributed by atoms with van der Waals surface area (Å²) in [5.74, 6) is -0.607. The van der Waals surface area contributed by atoms with Crippen LogP contribution >= 0.6 is 0 Å². The summed E-state index contributed by atoms with van der Waals surface area (Å²) in [6, 6.07) is 6.02. The Balaban J connectivity index is 1.63. The number of pyridine rings is 1. The molecule has 4 rings (SSSR count). The zero-order valence-corrected chi connectivity index (χ0v) is 14.5. The molecule has 1 aromatic heterocycles. The van der Waals surface area contributed by atoms with E-state index in [1.807, 2.05) is 0 Å². The Hall–Kier alpha value is -2.68. The quantitative estimate of drug-likeness (QED) is 0.830. The second kappa shape index (κ2) is 6.56. The standard InChI is InChI=1S/C17H16FN3O4S/c18-16-12(11-3-6-15(19-7-11)25-9-10-1-2-10)4-5-13(22)17(16)21-8-14(23)20-26(21)24/h3-7,10,22H,1-2,8-9H2,(H,20,23). The largest absolute Gasteiger partial charge is 0.506 e. The maximum absolute atomic E-state index is 15.0. The molecule has 1 aromatic carbocycles. The SMILES string of the molecule is O=C1CN(c2c(O)ccc(-c3ccc(OCC4CC4)nc3)c2F)S(=O)N1. The van der Waals surface area contributed by atoms with Gasteiger partial charge in [-0.1, -0.05) is 0 Å². The molecule has 0 spiro atoms. The number of nitrogens with zero attached hydrogens (tertiary/aromatic N) is 2. The fourth-order valence-corrected chi connectivity index (χ4v) is 3.61. The minimum atomic E-state index is -1.93. The number of halogens is 1. The number of amides is 1. The van der Waals surface area contributed by atoms with Crippen molar-refractivity contribution < 1.29 is 23.2 Å². The number of hydrogen-bond donors (Lipinski definition) is 2. The summed E-state index contributed by atoms with van der Waals surface area (Å²) in [5, 5.41) is 10.0. The zero-order chi connectivity index (χ0) is 18.3. The van der Waals surface area contributed by atoms with E-state index in [4.69, 9.17) is 4.74 Å². The number of nitrogens with one attached hydrogen (secondary N) is 1. The van der Waals surface area contributed by atoms with E-state index >= 15 is 0 Å². The molecule has 1 aliphatic heterocycles. The minimum Gasteiger partial charge on any atom is -0.506 e. The third-order valence-corrected chi connectivity index (χ3v) is 5.36. The van der Waals surface area contributed by atoms with Crippen LogP contribution in [0, 0.1) is 11.7 Å². The normalized spacial score (nSPS) is 19.5. The van der Waals surface area contributed by atoms with Crippen LogP contribution in [0.5, 0.6) is 11.6 Å². The molecule has 7 nitrogen and oxygen atoms in total. The van der Waals surface area contributed by atoms with Crippen LogP contribution in [-0.4, -0.2) is 33.4 Å². The minimum absolute atomic E-state index is 0.176. The van der Waals surface area contributed by atoms with Gasteiger partial charge in [-0.2, -0.15) is 0 Å². The van der Waals surface area contributed by atoms with Gasteiger partial charge in [0.05, 0.1) is 6.61 Å². The fourth-order valence-electron chi connectivity index (χ4n) is 2.66. The van der Waals surface area contributed by atoms with Crippen LogP contribution in [0.4, 0.5) is 10.1 Å². The first kappa shape index (κ1) is 16.8. The first-order valence-corrected chi connectivity index (χ1v) is 9.23. The van der Waals surface area contributed by atoms with Crippen molar-refractivity contribution >= 4 is 22.8 Å². The number of phenolic OH excluding ortho intramolecular Hbond substituents is 1. The topological polar surface area (TPSA) is 91.8 Å². The van der Waals surface area contributed by atoms with E-state index < -0.39 is 28.6 Å². The summed E-state index contributed by atoms with van der Waals surface area (Å²) in [4.78, 5) is 15.6. The van der Waals surface area contributed by atoms with E-state index in [2.05, 4.69) is 9.71 Å². The van der Waals surface area contributed by atoms with Crippen molar-refractivity contribution in [3.05, 3.63) is 36.3 Å². The second-order valence-corrected chi connectivity index (χ2v) is 7.39. The molecule has 2 fully saturated rings. The van der Waals surface area contributed by atoms with Crippen molar-refractivity contribution in [3.63, 3.8) is 0 Å². The van der Waals surface area contributed by atoms with Crippen LogP contribution in [0.3, 0.4) is 0 Å². The summed E-state index contributed by atoms with van der Waals surface area (Å²) in [7, 11) is 0. The third-order valence-electron chi connectivity index (χ3n) is 4.24. The van der Waals surface area contributed by atoms with E-state index in [0.717, 1.165) is 4.31 Å². The predicted molar refractivity (Wildman–Crippen MR) is 93.1 cm³/mol. The van der Waals surface area contributed by atoms with Crippen molar-refractivity contribution in [3.8, 4) is 22.8 Å². The van der Waals surface area contributed by atoms with E-state index in [1.165, 1.54) is 31.2 Å². The van der Waals surface area contributed by atoms with Crippen LogP contribution in [0.1, 0.15) is 12.8 Å². The Labute approximate surface area is 151 Å². The van der Waals surface area contributed by atoms with Crippen molar-refractivity contribution in [1.29, 1.82) is 0 Å². The van der Waals surface area contributed by atoms with Gasteiger partial charge in [-0.25, -0.2) is 13.6 Å². The monoisotopic (exact) mass is 377 g/mol. The highest BCUT2D eigenvalue weighted by Gasteiger charge is 2.32. The van der Waals surface area contributed by atoms with Gasteiger partial charge in [0.25, 0.3) is 5.91 Å². The number of aromatic hydroxyl groups is 1. The number of rotatable bonds is 5. The molecule has 2 aliphatic rings. The van der Waals surface area contributed by atoms with Gasteiger partial charge in [0.15, 0.2) is 5.82 Å². The molecule has 136 valence electrons. The molecule has 1 unspecified atom stereocenters. The maximum Gasteiger partial charge on any atom is 0.253 e. The van der Waals surface area contributed by atoms with E-state index in [0.29, 0.717) is 24.0 Å². The number of aromatic nitrogens is 1. The molecule has 2 N–H and O–H groups in total. The lowest BCUT2D eigenvalue weighted by Gasteiger charge is -2.18. The second-order valence-electron chi connectivity index (χ2n) is 6.25. The summed E-state index contributed by atoms with van der Waals surface area (Å²) in [6.45, 7) is 0.332. The molecule has 9 heteroatoms. The third kappa shape index (κ3) is 3.22. The molecular formula is C17H16FN3O4S. The van der Waals surface area contributed by atoms with Crippen LogP contribution in [0.25, 0.3) is 11.1 Å². The Morgan fingerprint density at radius 3 is 2.77 bits per heavy atom. The van der Waals surface area contributed by atoms with Gasteiger partial charge in [0, 0.05) is 23.4 Å². The number of carbonyl (C=O) groups is 1. The van der Waals surface area contributed by atoms with Crippen molar-refractivity contribution in [1.82, 2.24) is 9.71 Å². The number of ether oxygens (including phenoxy) is 1. The smallest absolute Gasteiger partial charge is 0.253 e. The van der Waals surface area contributed by atoms with E-state index in [1.54, 1.807) is 12.1 Å². The number of benzene rings is 1. The molecule has 1 saturated heterocycles. The maximum atomic E-state index is 15.0. The molecule has 2 aromatic rings. The summed E-state index contributed by atoms with van der Waals surface area (Å²) >= 11 is -1.93. The van der Waals surface area contributed by atoms with Gasteiger partial charge < -0.3 is 9.84 Å². The Morgan fingerprint density at radius 1 is 1.35 bits per heavy atom. The molecule has 26 heavy (non-hydrogen) atoms. The van der Waals surface area contributed by atoms with Crippen LogP contribution in [0.2, 0.25) is 0 Å².